The van der Waals surface area contributed by atoms with E-state index in [0.717, 1.165) is 18.4 Å². The fraction of sp³-hybridized carbons (Fsp3) is 0.571. The van der Waals surface area contributed by atoms with Crippen LogP contribution in [0.5, 0.6) is 0 Å². The van der Waals surface area contributed by atoms with Gasteiger partial charge in [0.1, 0.15) is 0 Å². The Balaban J connectivity index is 2.43. The number of hydrogen-bond acceptors (Lipinski definition) is 3. The van der Waals surface area contributed by atoms with Gasteiger partial charge in [-0.05, 0) is 44.2 Å². The van der Waals surface area contributed by atoms with Gasteiger partial charge in [0.2, 0.25) is 0 Å². The van der Waals surface area contributed by atoms with Crippen molar-refractivity contribution < 1.29 is 8.42 Å². The van der Waals surface area contributed by atoms with Gasteiger partial charge in [-0.15, -0.1) is 0 Å². The molecule has 1 aliphatic carbocycles. The fourth-order valence-corrected chi connectivity index (χ4v) is 4.43. The summed E-state index contributed by atoms with van der Waals surface area (Å²) < 4.78 is 24.8. The van der Waals surface area contributed by atoms with Crippen molar-refractivity contribution in [2.75, 3.05) is 0 Å². The van der Waals surface area contributed by atoms with Gasteiger partial charge >= 0.3 is 0 Å². The molecule has 18 heavy (non-hydrogen) atoms. The lowest BCUT2D eigenvalue weighted by Crippen LogP contribution is -2.37. The highest BCUT2D eigenvalue weighted by atomic mass is 32.2. The molecule has 1 aromatic carbocycles. The molecule has 2 rings (SSSR count). The van der Waals surface area contributed by atoms with Gasteiger partial charge in [-0.1, -0.05) is 24.3 Å². The van der Waals surface area contributed by atoms with E-state index in [-0.39, 0.29) is 5.25 Å². The first kappa shape index (κ1) is 13.6. The molecule has 4 heteroatoms. The average Bonchev–Trinajstić information content (AvgIpc) is 2.49. The number of rotatable bonds is 2. The minimum absolute atomic E-state index is 0.362. The van der Waals surface area contributed by atoms with E-state index in [0.29, 0.717) is 6.42 Å². The maximum absolute atomic E-state index is 12.4. The van der Waals surface area contributed by atoms with Crippen molar-refractivity contribution in [3.8, 4) is 0 Å². The van der Waals surface area contributed by atoms with E-state index in [9.17, 15) is 8.42 Å². The Hall–Kier alpha value is -0.870. The van der Waals surface area contributed by atoms with E-state index >= 15 is 0 Å². The van der Waals surface area contributed by atoms with Crippen LogP contribution in [-0.2, 0) is 16.3 Å². The highest BCUT2D eigenvalue weighted by Crippen LogP contribution is 2.32. The van der Waals surface area contributed by atoms with E-state index in [1.807, 2.05) is 18.2 Å². The SMILES string of the molecule is CC(C)S(=O)(=O)C1CCCc2ccccc2C1N. The van der Waals surface area contributed by atoms with Crippen molar-refractivity contribution in [2.24, 2.45) is 5.73 Å². The Bertz CT molecular complexity index is 522. The van der Waals surface area contributed by atoms with Crippen LogP contribution in [0.4, 0.5) is 0 Å². The Morgan fingerprint density at radius 3 is 2.61 bits per heavy atom. The molecule has 0 radical (unpaired) electrons. The first-order valence-electron chi connectivity index (χ1n) is 6.50. The predicted molar refractivity (Wildman–Crippen MR) is 74.2 cm³/mol. The van der Waals surface area contributed by atoms with Crippen molar-refractivity contribution in [3.63, 3.8) is 0 Å². The van der Waals surface area contributed by atoms with Crippen LogP contribution in [0.2, 0.25) is 0 Å². The smallest absolute Gasteiger partial charge is 0.157 e. The molecule has 0 heterocycles. The molecule has 0 fully saturated rings. The molecule has 2 atom stereocenters. The molecular weight excluding hydrogens is 246 g/mol. The van der Waals surface area contributed by atoms with Crippen LogP contribution >= 0.6 is 0 Å². The average molecular weight is 267 g/mol. The van der Waals surface area contributed by atoms with Crippen LogP contribution in [0, 0.1) is 0 Å². The molecule has 2 unspecified atom stereocenters. The summed E-state index contributed by atoms with van der Waals surface area (Å²) in [5.41, 5.74) is 8.44. The second kappa shape index (κ2) is 5.02. The van der Waals surface area contributed by atoms with Gasteiger partial charge in [0.15, 0.2) is 9.84 Å². The number of aryl methyl sites for hydroxylation is 1. The normalized spacial score (nSPS) is 24.7. The van der Waals surface area contributed by atoms with Gasteiger partial charge < -0.3 is 5.73 Å². The largest absolute Gasteiger partial charge is 0.323 e. The standard InChI is InChI=1S/C14H21NO2S/c1-10(2)18(16,17)13-9-5-7-11-6-3-4-8-12(11)14(13)15/h3-4,6,8,10,13-14H,5,7,9,15H2,1-2H3. The topological polar surface area (TPSA) is 60.2 Å². The van der Waals surface area contributed by atoms with E-state index in [2.05, 4.69) is 6.07 Å². The Morgan fingerprint density at radius 2 is 1.94 bits per heavy atom. The number of sulfone groups is 1. The summed E-state index contributed by atoms with van der Waals surface area (Å²) in [4.78, 5) is 0. The molecule has 0 aromatic heterocycles. The zero-order valence-electron chi connectivity index (χ0n) is 11.0. The van der Waals surface area contributed by atoms with Gasteiger partial charge in [0, 0.05) is 6.04 Å². The van der Waals surface area contributed by atoms with Crippen LogP contribution in [0.25, 0.3) is 0 Å². The van der Waals surface area contributed by atoms with E-state index in [4.69, 9.17) is 5.73 Å². The molecule has 0 spiro atoms. The lowest BCUT2D eigenvalue weighted by molar-refractivity contribution is 0.532. The maximum atomic E-state index is 12.4. The lowest BCUT2D eigenvalue weighted by Gasteiger charge is -2.24. The van der Waals surface area contributed by atoms with Crippen molar-refractivity contribution >= 4 is 9.84 Å². The molecule has 1 aliphatic rings. The van der Waals surface area contributed by atoms with Gasteiger partial charge in [-0.2, -0.15) is 0 Å². The third-order valence-electron chi connectivity index (χ3n) is 3.83. The summed E-state index contributed by atoms with van der Waals surface area (Å²) >= 11 is 0. The van der Waals surface area contributed by atoms with Gasteiger partial charge in [0.25, 0.3) is 0 Å². The summed E-state index contributed by atoms with van der Waals surface area (Å²) in [6.07, 6.45) is 2.48. The summed E-state index contributed by atoms with van der Waals surface area (Å²) in [5.74, 6) is 0. The zero-order chi connectivity index (χ0) is 13.3. The van der Waals surface area contributed by atoms with Crippen LogP contribution in [-0.4, -0.2) is 18.9 Å². The summed E-state index contributed by atoms with van der Waals surface area (Å²) in [5, 5.41) is -0.806. The van der Waals surface area contributed by atoms with Crippen molar-refractivity contribution in [3.05, 3.63) is 35.4 Å². The molecular formula is C14H21NO2S. The van der Waals surface area contributed by atoms with Crippen molar-refractivity contribution in [1.29, 1.82) is 0 Å². The molecule has 0 bridgehead atoms. The second-order valence-corrected chi connectivity index (χ2v) is 8.02. The fourth-order valence-electron chi connectivity index (χ4n) is 2.68. The quantitative estimate of drug-likeness (QED) is 0.836. The number of benzene rings is 1. The first-order chi connectivity index (χ1) is 8.44. The van der Waals surface area contributed by atoms with E-state index in [1.165, 1.54) is 5.56 Å². The first-order valence-corrected chi connectivity index (χ1v) is 8.11. The zero-order valence-corrected chi connectivity index (χ0v) is 11.8. The second-order valence-electron chi connectivity index (χ2n) is 5.29. The third-order valence-corrected chi connectivity index (χ3v) is 6.52. The minimum Gasteiger partial charge on any atom is -0.323 e. The Labute approximate surface area is 109 Å². The third kappa shape index (κ3) is 2.31. The molecule has 0 saturated carbocycles. The van der Waals surface area contributed by atoms with Crippen LogP contribution in [0.3, 0.4) is 0 Å². The van der Waals surface area contributed by atoms with Gasteiger partial charge in [0.05, 0.1) is 10.5 Å². The van der Waals surface area contributed by atoms with Crippen LogP contribution in [0.15, 0.2) is 24.3 Å². The number of hydrogen-bond donors (Lipinski definition) is 1. The molecule has 0 aliphatic heterocycles. The highest BCUT2D eigenvalue weighted by molar-refractivity contribution is 7.92. The summed E-state index contributed by atoms with van der Waals surface area (Å²) in [6, 6.07) is 7.55. The van der Waals surface area contributed by atoms with Gasteiger partial charge in [-0.3, -0.25) is 0 Å². The molecule has 100 valence electrons. The van der Waals surface area contributed by atoms with Crippen molar-refractivity contribution in [1.82, 2.24) is 0 Å². The Kier molecular flexibility index (Phi) is 3.78. The van der Waals surface area contributed by atoms with Crippen LogP contribution in [0.1, 0.15) is 43.9 Å². The molecule has 1 aromatic rings. The maximum Gasteiger partial charge on any atom is 0.157 e. The molecule has 0 saturated heterocycles. The highest BCUT2D eigenvalue weighted by Gasteiger charge is 2.36. The van der Waals surface area contributed by atoms with E-state index in [1.54, 1.807) is 13.8 Å². The van der Waals surface area contributed by atoms with Crippen molar-refractivity contribution in [2.45, 2.75) is 49.7 Å². The molecule has 2 N–H and O–H groups in total. The number of fused-ring (bicyclic) bond motifs is 1. The summed E-state index contributed by atoms with van der Waals surface area (Å²) in [6.45, 7) is 3.47. The molecule has 0 amide bonds. The Morgan fingerprint density at radius 1 is 1.28 bits per heavy atom. The number of nitrogens with two attached hydrogens (primary N) is 1. The van der Waals surface area contributed by atoms with Crippen LogP contribution < -0.4 is 5.73 Å². The summed E-state index contributed by atoms with van der Waals surface area (Å²) in [7, 11) is -3.14. The van der Waals surface area contributed by atoms with Gasteiger partial charge in [-0.25, -0.2) is 8.42 Å². The minimum atomic E-state index is -3.14. The monoisotopic (exact) mass is 267 g/mol. The van der Waals surface area contributed by atoms with E-state index < -0.39 is 21.1 Å². The lowest BCUT2D eigenvalue weighted by atomic mass is 10.00. The molecule has 3 nitrogen and oxygen atoms in total. The predicted octanol–water partition coefficient (Wildman–Crippen LogP) is 2.21.